The summed E-state index contributed by atoms with van der Waals surface area (Å²) in [5.74, 6) is -0.0173. The molecule has 1 atom stereocenters. The van der Waals surface area contributed by atoms with E-state index < -0.39 is 6.10 Å². The third-order valence-electron chi connectivity index (χ3n) is 3.72. The molecule has 0 aliphatic heterocycles. The summed E-state index contributed by atoms with van der Waals surface area (Å²) >= 11 is 6.01. The molecule has 23 heavy (non-hydrogen) atoms. The highest BCUT2D eigenvalue weighted by Crippen LogP contribution is 2.28. The van der Waals surface area contributed by atoms with Crippen LogP contribution in [0.15, 0.2) is 42.5 Å². The maximum Gasteiger partial charge on any atom is 0.266 e. The third-order valence-corrected chi connectivity index (χ3v) is 4.14. The minimum absolute atomic E-state index is 0.216. The van der Waals surface area contributed by atoms with Gasteiger partial charge < -0.3 is 10.1 Å². The van der Waals surface area contributed by atoms with E-state index in [0.29, 0.717) is 16.3 Å². The Balaban J connectivity index is 1.85. The summed E-state index contributed by atoms with van der Waals surface area (Å²) in [6.07, 6.45) is 1.15. The number of carbonyl (C=O) groups excluding carboxylic acids is 1. The molecule has 1 aliphatic rings. The lowest BCUT2D eigenvalue weighted by molar-refractivity contribution is -0.128. The van der Waals surface area contributed by atoms with E-state index >= 15 is 0 Å². The molecule has 0 bridgehead atoms. The van der Waals surface area contributed by atoms with Gasteiger partial charge >= 0.3 is 0 Å². The van der Waals surface area contributed by atoms with Crippen LogP contribution in [0.3, 0.4) is 0 Å². The van der Waals surface area contributed by atoms with Gasteiger partial charge in [-0.2, -0.15) is 0 Å². The van der Waals surface area contributed by atoms with Crippen LogP contribution >= 0.6 is 11.6 Å². The van der Waals surface area contributed by atoms with Gasteiger partial charge in [-0.1, -0.05) is 23.7 Å². The van der Waals surface area contributed by atoms with Gasteiger partial charge in [-0.05, 0) is 55.7 Å². The molecule has 120 valence electrons. The maximum atomic E-state index is 13.1. The molecule has 0 heterocycles. The summed E-state index contributed by atoms with van der Waals surface area (Å²) in [6, 6.07) is 11.2. The first-order chi connectivity index (χ1) is 11.0. The molecule has 2 aromatic rings. The van der Waals surface area contributed by atoms with Crippen molar-refractivity contribution in [2.24, 2.45) is 0 Å². The van der Waals surface area contributed by atoms with Crippen LogP contribution < -0.4 is 10.1 Å². The number of ether oxygens (including phenoxy) is 1. The Morgan fingerprint density at radius 3 is 2.57 bits per heavy atom. The Bertz CT molecular complexity index is 713. The molecule has 1 aliphatic carbocycles. The predicted molar refractivity (Wildman–Crippen MR) is 87.1 cm³/mol. The molecular weight excluding hydrogens is 317 g/mol. The summed E-state index contributed by atoms with van der Waals surface area (Å²) in [4.78, 5) is 12.5. The van der Waals surface area contributed by atoms with Crippen LogP contribution in [0.25, 0.3) is 0 Å². The summed E-state index contributed by atoms with van der Waals surface area (Å²) < 4.78 is 19.0. The minimum atomic E-state index is -0.822. The zero-order valence-electron chi connectivity index (χ0n) is 12.7. The van der Waals surface area contributed by atoms with Crippen molar-refractivity contribution in [1.82, 2.24) is 5.32 Å². The number of rotatable bonds is 5. The molecule has 0 unspecified atom stereocenters. The van der Waals surface area contributed by atoms with E-state index in [2.05, 4.69) is 5.32 Å². The minimum Gasteiger partial charge on any atom is -0.476 e. The van der Waals surface area contributed by atoms with Crippen LogP contribution in [0.5, 0.6) is 5.75 Å². The van der Waals surface area contributed by atoms with Gasteiger partial charge in [-0.25, -0.2) is 4.39 Å². The van der Waals surface area contributed by atoms with Crippen LogP contribution in [0.1, 0.15) is 30.1 Å². The molecule has 0 saturated heterocycles. The van der Waals surface area contributed by atoms with E-state index in [-0.39, 0.29) is 17.8 Å². The maximum absolute atomic E-state index is 13.1. The summed E-state index contributed by atoms with van der Waals surface area (Å²) in [5.41, 5.74) is 1.47. The summed E-state index contributed by atoms with van der Waals surface area (Å²) in [6.45, 7) is 1.87. The van der Waals surface area contributed by atoms with Crippen molar-refractivity contribution in [2.75, 3.05) is 0 Å². The van der Waals surface area contributed by atoms with Crippen molar-refractivity contribution >= 4 is 17.5 Å². The lowest BCUT2D eigenvalue weighted by Gasteiger charge is -2.19. The molecule has 5 heteroatoms. The van der Waals surface area contributed by atoms with Crippen LogP contribution in [0.4, 0.5) is 4.39 Å². The van der Waals surface area contributed by atoms with Gasteiger partial charge in [-0.3, -0.25) is 4.79 Å². The first-order valence-electron chi connectivity index (χ1n) is 7.51. The fourth-order valence-corrected chi connectivity index (χ4v) is 2.36. The fraction of sp³-hybridized carbons (Fsp3) is 0.278. The SMILES string of the molecule is Cc1cc(O[C@H](C(=O)NC2CC2)c2ccc(F)cc2)ccc1Cl. The van der Waals surface area contributed by atoms with Crippen molar-refractivity contribution in [3.05, 3.63) is 64.4 Å². The van der Waals surface area contributed by atoms with E-state index in [1.54, 1.807) is 30.3 Å². The zero-order chi connectivity index (χ0) is 16.4. The molecule has 1 saturated carbocycles. The first-order valence-corrected chi connectivity index (χ1v) is 7.89. The second kappa shape index (κ2) is 6.59. The number of amides is 1. The Kier molecular flexibility index (Phi) is 4.53. The van der Waals surface area contributed by atoms with Gasteiger partial charge in [0.1, 0.15) is 11.6 Å². The number of aryl methyl sites for hydroxylation is 1. The van der Waals surface area contributed by atoms with E-state index in [4.69, 9.17) is 16.3 Å². The van der Waals surface area contributed by atoms with Crippen molar-refractivity contribution in [2.45, 2.75) is 31.9 Å². The van der Waals surface area contributed by atoms with Crippen LogP contribution in [0, 0.1) is 12.7 Å². The van der Waals surface area contributed by atoms with Gasteiger partial charge in [0, 0.05) is 16.6 Å². The molecule has 1 amide bonds. The molecule has 1 N–H and O–H groups in total. The first kappa shape index (κ1) is 15.8. The Morgan fingerprint density at radius 2 is 1.96 bits per heavy atom. The fourth-order valence-electron chi connectivity index (χ4n) is 2.24. The number of carbonyl (C=O) groups is 1. The van der Waals surface area contributed by atoms with E-state index in [0.717, 1.165) is 18.4 Å². The average molecular weight is 334 g/mol. The van der Waals surface area contributed by atoms with Gasteiger partial charge in [0.05, 0.1) is 0 Å². The number of nitrogens with one attached hydrogen (secondary N) is 1. The molecule has 3 rings (SSSR count). The van der Waals surface area contributed by atoms with Crippen LogP contribution in [-0.4, -0.2) is 11.9 Å². The number of benzene rings is 2. The lowest BCUT2D eigenvalue weighted by atomic mass is 10.1. The molecule has 0 radical (unpaired) electrons. The zero-order valence-corrected chi connectivity index (χ0v) is 13.4. The highest BCUT2D eigenvalue weighted by atomic mass is 35.5. The van der Waals surface area contributed by atoms with E-state index in [1.807, 2.05) is 6.92 Å². The quantitative estimate of drug-likeness (QED) is 0.891. The summed E-state index contributed by atoms with van der Waals surface area (Å²) in [7, 11) is 0. The Labute approximate surface area is 139 Å². The number of halogens is 2. The van der Waals surface area contributed by atoms with Crippen LogP contribution in [0.2, 0.25) is 5.02 Å². The second-order valence-corrected chi connectivity index (χ2v) is 6.15. The third kappa shape index (κ3) is 4.02. The molecule has 0 aromatic heterocycles. The Morgan fingerprint density at radius 1 is 1.26 bits per heavy atom. The highest BCUT2D eigenvalue weighted by Gasteiger charge is 2.29. The molecule has 3 nitrogen and oxygen atoms in total. The number of hydrogen-bond donors (Lipinski definition) is 1. The lowest BCUT2D eigenvalue weighted by Crippen LogP contribution is -2.33. The number of hydrogen-bond acceptors (Lipinski definition) is 2. The smallest absolute Gasteiger partial charge is 0.266 e. The average Bonchev–Trinajstić information content (AvgIpc) is 3.33. The highest BCUT2D eigenvalue weighted by molar-refractivity contribution is 6.31. The van der Waals surface area contributed by atoms with E-state index in [1.165, 1.54) is 12.1 Å². The van der Waals surface area contributed by atoms with Gasteiger partial charge in [0.15, 0.2) is 0 Å². The van der Waals surface area contributed by atoms with Gasteiger partial charge in [-0.15, -0.1) is 0 Å². The molecule has 0 spiro atoms. The largest absolute Gasteiger partial charge is 0.476 e. The van der Waals surface area contributed by atoms with Crippen molar-refractivity contribution in [3.8, 4) is 5.75 Å². The monoisotopic (exact) mass is 333 g/mol. The molecule has 2 aromatic carbocycles. The summed E-state index contributed by atoms with van der Waals surface area (Å²) in [5, 5.41) is 3.57. The normalized spacial score (nSPS) is 15.1. The topological polar surface area (TPSA) is 38.3 Å². The van der Waals surface area contributed by atoms with Gasteiger partial charge in [0.25, 0.3) is 5.91 Å². The predicted octanol–water partition coefficient (Wildman–Crippen LogP) is 4.19. The van der Waals surface area contributed by atoms with Crippen molar-refractivity contribution in [3.63, 3.8) is 0 Å². The molecular formula is C18H17ClFNO2. The van der Waals surface area contributed by atoms with Crippen molar-refractivity contribution in [1.29, 1.82) is 0 Å². The van der Waals surface area contributed by atoms with Crippen LogP contribution in [-0.2, 0) is 4.79 Å². The second-order valence-electron chi connectivity index (χ2n) is 5.74. The van der Waals surface area contributed by atoms with E-state index in [9.17, 15) is 9.18 Å². The Hall–Kier alpha value is -2.07. The standard InChI is InChI=1S/C18H17ClFNO2/c1-11-10-15(8-9-16(11)19)23-17(18(22)21-14-6-7-14)12-2-4-13(20)5-3-12/h2-5,8-10,14,17H,6-7H2,1H3,(H,21,22)/t17-/m0/s1. The van der Waals surface area contributed by atoms with Crippen molar-refractivity contribution < 1.29 is 13.9 Å². The van der Waals surface area contributed by atoms with Gasteiger partial charge in [0.2, 0.25) is 6.10 Å². The molecule has 1 fully saturated rings.